The number of aryl methyl sites for hydroxylation is 1. The molecule has 22 heavy (non-hydrogen) atoms. The van der Waals surface area contributed by atoms with Gasteiger partial charge < -0.3 is 10.0 Å². The Kier molecular flexibility index (Phi) is 5.58. The molecule has 1 aliphatic carbocycles. The SMILES string of the molecule is CN(CCCCc1ccccc1)C(=O)CC1(C(=O)O)CCC1. The summed E-state index contributed by atoms with van der Waals surface area (Å²) in [4.78, 5) is 25.2. The minimum absolute atomic E-state index is 0.0400. The summed E-state index contributed by atoms with van der Waals surface area (Å²) in [5.41, 5.74) is 0.533. The van der Waals surface area contributed by atoms with E-state index in [9.17, 15) is 14.7 Å². The summed E-state index contributed by atoms with van der Waals surface area (Å²) < 4.78 is 0. The number of carbonyl (C=O) groups is 2. The summed E-state index contributed by atoms with van der Waals surface area (Å²) in [7, 11) is 1.78. The smallest absolute Gasteiger partial charge is 0.310 e. The molecule has 0 radical (unpaired) electrons. The molecule has 0 aromatic heterocycles. The van der Waals surface area contributed by atoms with Crippen molar-refractivity contribution in [3.63, 3.8) is 0 Å². The van der Waals surface area contributed by atoms with Crippen LogP contribution in [0, 0.1) is 5.41 Å². The quantitative estimate of drug-likeness (QED) is 0.751. The second-order valence-corrected chi connectivity index (χ2v) is 6.37. The summed E-state index contributed by atoms with van der Waals surface area (Å²) in [6.45, 7) is 0.696. The van der Waals surface area contributed by atoms with Crippen molar-refractivity contribution in [3.8, 4) is 0 Å². The van der Waals surface area contributed by atoms with Crippen LogP contribution in [0.1, 0.15) is 44.1 Å². The Balaban J connectivity index is 1.69. The molecule has 0 bridgehead atoms. The first kappa shape index (κ1) is 16.5. The molecule has 1 N–H and O–H groups in total. The van der Waals surface area contributed by atoms with Crippen LogP contribution in [0.4, 0.5) is 0 Å². The first-order chi connectivity index (χ1) is 10.5. The van der Waals surface area contributed by atoms with E-state index < -0.39 is 11.4 Å². The van der Waals surface area contributed by atoms with Crippen LogP contribution >= 0.6 is 0 Å². The second-order valence-electron chi connectivity index (χ2n) is 6.37. The Morgan fingerprint density at radius 1 is 1.18 bits per heavy atom. The van der Waals surface area contributed by atoms with Gasteiger partial charge in [0.05, 0.1) is 5.41 Å². The number of rotatable bonds is 8. The van der Waals surface area contributed by atoms with Crippen LogP contribution < -0.4 is 0 Å². The molecule has 4 nitrogen and oxygen atoms in total. The van der Waals surface area contributed by atoms with Crippen molar-refractivity contribution in [1.29, 1.82) is 0 Å². The highest BCUT2D eigenvalue weighted by molar-refractivity contribution is 5.85. The molecular weight excluding hydrogens is 278 g/mol. The van der Waals surface area contributed by atoms with Gasteiger partial charge in [0.2, 0.25) is 5.91 Å². The fraction of sp³-hybridized carbons (Fsp3) is 0.556. The Morgan fingerprint density at radius 3 is 2.41 bits per heavy atom. The Labute approximate surface area is 132 Å². The molecule has 0 atom stereocenters. The fourth-order valence-electron chi connectivity index (χ4n) is 2.94. The standard InChI is InChI=1S/C18H25NO3/c1-19(13-6-5-10-15-8-3-2-4-9-15)16(20)14-18(17(21)22)11-7-12-18/h2-4,8-9H,5-7,10-14H2,1H3,(H,21,22). The van der Waals surface area contributed by atoms with E-state index in [0.29, 0.717) is 19.4 Å². The Bertz CT molecular complexity index is 508. The summed E-state index contributed by atoms with van der Waals surface area (Å²) in [6.07, 6.45) is 5.33. The lowest BCUT2D eigenvalue weighted by Gasteiger charge is -2.38. The zero-order chi connectivity index (χ0) is 16.0. The van der Waals surface area contributed by atoms with Crippen molar-refractivity contribution in [2.45, 2.75) is 44.9 Å². The highest BCUT2D eigenvalue weighted by Gasteiger charge is 2.46. The lowest BCUT2D eigenvalue weighted by molar-refractivity contribution is -0.159. The highest BCUT2D eigenvalue weighted by atomic mass is 16.4. The molecule has 0 spiro atoms. The van der Waals surface area contributed by atoms with Gasteiger partial charge in [-0.1, -0.05) is 36.8 Å². The first-order valence-electron chi connectivity index (χ1n) is 8.05. The van der Waals surface area contributed by atoms with Gasteiger partial charge in [0, 0.05) is 20.0 Å². The van der Waals surface area contributed by atoms with Crippen molar-refractivity contribution in [1.82, 2.24) is 4.90 Å². The number of unbranched alkanes of at least 4 members (excludes halogenated alkanes) is 1. The van der Waals surface area contributed by atoms with Crippen LogP contribution in [0.5, 0.6) is 0 Å². The minimum Gasteiger partial charge on any atom is -0.481 e. The van der Waals surface area contributed by atoms with E-state index in [4.69, 9.17) is 0 Å². The molecular formula is C18H25NO3. The summed E-state index contributed by atoms with van der Waals surface area (Å²) in [5, 5.41) is 9.28. The molecule has 0 heterocycles. The highest BCUT2D eigenvalue weighted by Crippen LogP contribution is 2.44. The molecule has 1 aromatic rings. The summed E-state index contributed by atoms with van der Waals surface area (Å²) in [5.74, 6) is -0.855. The van der Waals surface area contributed by atoms with Crippen molar-refractivity contribution < 1.29 is 14.7 Å². The average molecular weight is 303 g/mol. The first-order valence-corrected chi connectivity index (χ1v) is 8.05. The third-order valence-electron chi connectivity index (χ3n) is 4.73. The normalized spacial score (nSPS) is 15.9. The number of hydrogen-bond donors (Lipinski definition) is 1. The fourth-order valence-corrected chi connectivity index (χ4v) is 2.94. The van der Waals surface area contributed by atoms with Gasteiger partial charge in [-0.15, -0.1) is 0 Å². The number of carboxylic acids is 1. The van der Waals surface area contributed by atoms with Gasteiger partial charge in [-0.3, -0.25) is 9.59 Å². The summed E-state index contributed by atoms with van der Waals surface area (Å²) >= 11 is 0. The van der Waals surface area contributed by atoms with E-state index in [0.717, 1.165) is 25.7 Å². The predicted molar refractivity (Wildman–Crippen MR) is 85.6 cm³/mol. The molecule has 1 aromatic carbocycles. The van der Waals surface area contributed by atoms with Crippen LogP contribution in [-0.2, 0) is 16.0 Å². The molecule has 1 fully saturated rings. The van der Waals surface area contributed by atoms with Gasteiger partial charge in [0.1, 0.15) is 0 Å². The van der Waals surface area contributed by atoms with E-state index in [-0.39, 0.29) is 12.3 Å². The van der Waals surface area contributed by atoms with Crippen LogP contribution in [0.2, 0.25) is 0 Å². The maximum atomic E-state index is 12.2. The van der Waals surface area contributed by atoms with Gasteiger partial charge in [-0.2, -0.15) is 0 Å². The van der Waals surface area contributed by atoms with Crippen LogP contribution in [0.15, 0.2) is 30.3 Å². The molecule has 1 saturated carbocycles. The Hall–Kier alpha value is -1.84. The van der Waals surface area contributed by atoms with Crippen LogP contribution in [-0.4, -0.2) is 35.5 Å². The molecule has 0 saturated heterocycles. The van der Waals surface area contributed by atoms with Gasteiger partial charge >= 0.3 is 5.97 Å². The number of carbonyl (C=O) groups excluding carboxylic acids is 1. The zero-order valence-corrected chi connectivity index (χ0v) is 13.3. The minimum atomic E-state index is -0.815. The molecule has 0 aliphatic heterocycles. The summed E-state index contributed by atoms with van der Waals surface area (Å²) in [6, 6.07) is 10.3. The average Bonchev–Trinajstić information content (AvgIpc) is 2.47. The van der Waals surface area contributed by atoms with E-state index >= 15 is 0 Å². The molecule has 4 heteroatoms. The molecule has 120 valence electrons. The lowest BCUT2D eigenvalue weighted by Crippen LogP contribution is -2.43. The third-order valence-corrected chi connectivity index (χ3v) is 4.73. The molecule has 1 amide bonds. The largest absolute Gasteiger partial charge is 0.481 e. The maximum Gasteiger partial charge on any atom is 0.310 e. The van der Waals surface area contributed by atoms with Crippen molar-refractivity contribution >= 4 is 11.9 Å². The second kappa shape index (κ2) is 7.43. The van der Waals surface area contributed by atoms with Gasteiger partial charge in [-0.05, 0) is 37.7 Å². The topological polar surface area (TPSA) is 57.6 Å². The number of nitrogens with zero attached hydrogens (tertiary/aromatic N) is 1. The zero-order valence-electron chi connectivity index (χ0n) is 13.3. The van der Waals surface area contributed by atoms with Crippen molar-refractivity contribution in [2.24, 2.45) is 5.41 Å². The predicted octanol–water partition coefficient (Wildman–Crippen LogP) is 3.11. The number of aliphatic carboxylic acids is 1. The van der Waals surface area contributed by atoms with Gasteiger partial charge in [-0.25, -0.2) is 0 Å². The molecule has 1 aliphatic rings. The van der Waals surface area contributed by atoms with Crippen molar-refractivity contribution in [3.05, 3.63) is 35.9 Å². The van der Waals surface area contributed by atoms with E-state index in [1.807, 2.05) is 18.2 Å². The van der Waals surface area contributed by atoms with Gasteiger partial charge in [0.25, 0.3) is 0 Å². The number of hydrogen-bond acceptors (Lipinski definition) is 2. The van der Waals surface area contributed by atoms with Gasteiger partial charge in [0.15, 0.2) is 0 Å². The van der Waals surface area contributed by atoms with E-state index in [1.165, 1.54) is 5.56 Å². The van der Waals surface area contributed by atoms with Crippen LogP contribution in [0.25, 0.3) is 0 Å². The number of benzene rings is 1. The number of amides is 1. The van der Waals surface area contributed by atoms with E-state index in [1.54, 1.807) is 11.9 Å². The third kappa shape index (κ3) is 4.09. The number of carboxylic acid groups (broad SMARTS) is 1. The lowest BCUT2D eigenvalue weighted by atomic mass is 9.66. The van der Waals surface area contributed by atoms with Crippen molar-refractivity contribution in [2.75, 3.05) is 13.6 Å². The Morgan fingerprint density at radius 2 is 1.86 bits per heavy atom. The monoisotopic (exact) mass is 303 g/mol. The molecule has 2 rings (SSSR count). The van der Waals surface area contributed by atoms with E-state index in [2.05, 4.69) is 12.1 Å². The maximum absolute atomic E-state index is 12.2. The molecule has 0 unspecified atom stereocenters. The van der Waals surface area contributed by atoms with Crippen LogP contribution in [0.3, 0.4) is 0 Å².